The lowest BCUT2D eigenvalue weighted by Gasteiger charge is -2.35. The quantitative estimate of drug-likeness (QED) is 0.479. The van der Waals surface area contributed by atoms with Crippen molar-refractivity contribution in [2.24, 2.45) is 0 Å². The van der Waals surface area contributed by atoms with E-state index in [9.17, 15) is 9.59 Å². The van der Waals surface area contributed by atoms with Crippen molar-refractivity contribution in [2.75, 3.05) is 71.5 Å². The minimum Gasteiger partial charge on any atom is -0.497 e. The molecule has 0 spiro atoms. The third kappa shape index (κ3) is 6.81. The normalized spacial score (nSPS) is 18.6. The number of carbonyl (C=O) groups is 2. The number of fused-ring (bicyclic) bond motifs is 1. The number of hydrogen-bond acceptors (Lipinski definition) is 7. The maximum atomic E-state index is 13.6. The monoisotopic (exact) mass is 509 g/mol. The second kappa shape index (κ2) is 12.9. The molecule has 8 heteroatoms. The highest BCUT2D eigenvalue weighted by molar-refractivity contribution is 5.96. The van der Waals surface area contributed by atoms with Crippen molar-refractivity contribution in [3.8, 4) is 11.5 Å². The molecule has 2 aromatic carbocycles. The van der Waals surface area contributed by atoms with Crippen molar-refractivity contribution in [1.82, 2.24) is 9.80 Å². The van der Waals surface area contributed by atoms with E-state index in [1.54, 1.807) is 21.1 Å². The molecule has 1 fully saturated rings. The van der Waals surface area contributed by atoms with Crippen LogP contribution in [0.15, 0.2) is 42.5 Å². The third-order valence-corrected chi connectivity index (χ3v) is 7.38. The van der Waals surface area contributed by atoms with Crippen molar-refractivity contribution in [2.45, 2.75) is 32.1 Å². The summed E-state index contributed by atoms with van der Waals surface area (Å²) in [5, 5.41) is 0. The number of hydrogen-bond donors (Lipinski definition) is 0. The van der Waals surface area contributed by atoms with Crippen molar-refractivity contribution < 1.29 is 23.8 Å². The Morgan fingerprint density at radius 2 is 1.57 bits per heavy atom. The third-order valence-electron chi connectivity index (χ3n) is 7.38. The zero-order valence-electron chi connectivity index (χ0n) is 22.3. The first-order chi connectivity index (χ1) is 18.0. The van der Waals surface area contributed by atoms with E-state index in [1.165, 1.54) is 5.56 Å². The number of piperazine rings is 1. The molecule has 8 nitrogen and oxygen atoms in total. The van der Waals surface area contributed by atoms with Gasteiger partial charge in [0.2, 0.25) is 5.91 Å². The van der Waals surface area contributed by atoms with Crippen molar-refractivity contribution >= 4 is 17.6 Å². The molecule has 0 N–H and O–H groups in total. The molecule has 0 radical (unpaired) electrons. The Bertz CT molecular complexity index is 1050. The van der Waals surface area contributed by atoms with Gasteiger partial charge in [-0.3, -0.25) is 19.4 Å². The number of carbonyl (C=O) groups excluding carboxylic acids is 2. The summed E-state index contributed by atoms with van der Waals surface area (Å²) in [6.45, 7) is 7.41. The fourth-order valence-corrected chi connectivity index (χ4v) is 5.19. The lowest BCUT2D eigenvalue weighted by molar-refractivity contribution is -0.143. The standard InChI is InChI=1S/C29H39N3O5/c1-4-29(34)37-19-18-30-14-16-31(17-15-30)21-28(33)32-13-5-6-25(22-7-9-23(35-2)10-8-22)26-12-11-24(36-3)20-27(26)32/h7-12,20,25H,4-6,13-19,21H2,1-3H3. The number of ether oxygens (including phenoxy) is 3. The molecule has 2 aliphatic heterocycles. The van der Waals surface area contributed by atoms with Crippen LogP contribution in [0.3, 0.4) is 0 Å². The summed E-state index contributed by atoms with van der Waals surface area (Å²) in [7, 11) is 3.34. The summed E-state index contributed by atoms with van der Waals surface area (Å²) in [5.74, 6) is 1.76. The maximum absolute atomic E-state index is 13.6. The van der Waals surface area contributed by atoms with Gasteiger partial charge in [0.25, 0.3) is 0 Å². The number of rotatable bonds is 9. The number of nitrogens with zero attached hydrogens (tertiary/aromatic N) is 3. The van der Waals surface area contributed by atoms with Crippen LogP contribution in [-0.2, 0) is 14.3 Å². The van der Waals surface area contributed by atoms with Gasteiger partial charge >= 0.3 is 5.97 Å². The van der Waals surface area contributed by atoms with Crippen LogP contribution >= 0.6 is 0 Å². The van der Waals surface area contributed by atoms with Crippen molar-refractivity contribution in [1.29, 1.82) is 0 Å². The number of benzene rings is 2. The average molecular weight is 510 g/mol. The van der Waals surface area contributed by atoms with E-state index in [-0.39, 0.29) is 17.8 Å². The molecule has 0 saturated carbocycles. The number of amides is 1. The van der Waals surface area contributed by atoms with E-state index >= 15 is 0 Å². The molecule has 0 bridgehead atoms. The second-order valence-corrected chi connectivity index (χ2v) is 9.63. The van der Waals surface area contributed by atoms with Crippen molar-refractivity contribution in [3.63, 3.8) is 0 Å². The highest BCUT2D eigenvalue weighted by atomic mass is 16.5. The summed E-state index contributed by atoms with van der Waals surface area (Å²) >= 11 is 0. The molecule has 0 aromatic heterocycles. The van der Waals surface area contributed by atoms with Crippen LogP contribution in [-0.4, -0.2) is 88.3 Å². The van der Waals surface area contributed by atoms with Crippen molar-refractivity contribution in [3.05, 3.63) is 53.6 Å². The predicted octanol–water partition coefficient (Wildman–Crippen LogP) is 3.53. The Hall–Kier alpha value is -3.10. The van der Waals surface area contributed by atoms with Gasteiger partial charge in [-0.2, -0.15) is 0 Å². The summed E-state index contributed by atoms with van der Waals surface area (Å²) < 4.78 is 16.1. The maximum Gasteiger partial charge on any atom is 0.305 e. The minimum atomic E-state index is -0.159. The highest BCUT2D eigenvalue weighted by Crippen LogP contribution is 2.41. The number of anilines is 1. The van der Waals surface area contributed by atoms with Gasteiger partial charge in [-0.25, -0.2) is 0 Å². The van der Waals surface area contributed by atoms with Gasteiger partial charge in [0.05, 0.1) is 26.5 Å². The van der Waals surface area contributed by atoms with Gasteiger partial charge in [-0.05, 0) is 42.2 Å². The zero-order valence-corrected chi connectivity index (χ0v) is 22.3. The Morgan fingerprint density at radius 1 is 0.892 bits per heavy atom. The molecule has 37 heavy (non-hydrogen) atoms. The largest absolute Gasteiger partial charge is 0.497 e. The van der Waals surface area contributed by atoms with Crippen LogP contribution in [0.25, 0.3) is 0 Å². The molecule has 1 amide bonds. The fraction of sp³-hybridized carbons (Fsp3) is 0.517. The summed E-state index contributed by atoms with van der Waals surface area (Å²) in [6, 6.07) is 14.3. The number of methoxy groups -OCH3 is 2. The van der Waals surface area contributed by atoms with Gasteiger partial charge in [-0.15, -0.1) is 0 Å². The number of esters is 1. The van der Waals surface area contributed by atoms with Crippen LogP contribution < -0.4 is 14.4 Å². The molecular formula is C29H39N3O5. The van der Waals surface area contributed by atoms with E-state index in [2.05, 4.69) is 28.0 Å². The van der Waals surface area contributed by atoms with E-state index in [0.717, 1.165) is 68.3 Å². The average Bonchev–Trinajstić information content (AvgIpc) is 3.13. The van der Waals surface area contributed by atoms with E-state index < -0.39 is 0 Å². The molecule has 2 heterocycles. The molecule has 1 unspecified atom stereocenters. The van der Waals surface area contributed by atoms with Crippen LogP contribution in [0.5, 0.6) is 11.5 Å². The molecule has 2 aromatic rings. The van der Waals surface area contributed by atoms with Gasteiger partial charge < -0.3 is 19.1 Å². The van der Waals surface area contributed by atoms with E-state index in [0.29, 0.717) is 26.1 Å². The van der Waals surface area contributed by atoms with Gasteiger partial charge in [0.15, 0.2) is 0 Å². The van der Waals surface area contributed by atoms with Gasteiger partial charge in [0.1, 0.15) is 18.1 Å². The molecule has 1 atom stereocenters. The highest BCUT2D eigenvalue weighted by Gasteiger charge is 2.29. The van der Waals surface area contributed by atoms with Crippen LogP contribution in [0.2, 0.25) is 0 Å². The molecule has 0 aliphatic carbocycles. The topological polar surface area (TPSA) is 71.6 Å². The smallest absolute Gasteiger partial charge is 0.305 e. The Balaban J connectivity index is 1.43. The first-order valence-corrected chi connectivity index (χ1v) is 13.2. The van der Waals surface area contributed by atoms with Gasteiger partial charge in [0, 0.05) is 57.7 Å². The SMILES string of the molecule is CCC(=O)OCCN1CCN(CC(=O)N2CCCC(c3ccc(OC)cc3)c3ccc(OC)cc32)CC1. The zero-order chi connectivity index (χ0) is 26.2. The molecule has 2 aliphatic rings. The molecule has 1 saturated heterocycles. The predicted molar refractivity (Wildman–Crippen MR) is 144 cm³/mol. The van der Waals surface area contributed by atoms with E-state index in [1.807, 2.05) is 29.2 Å². The Labute approximate surface area is 220 Å². The lowest BCUT2D eigenvalue weighted by atomic mass is 9.87. The summed E-state index contributed by atoms with van der Waals surface area (Å²) in [6.07, 6.45) is 2.29. The van der Waals surface area contributed by atoms with Gasteiger partial charge in [-0.1, -0.05) is 25.1 Å². The molecular weight excluding hydrogens is 470 g/mol. The Morgan fingerprint density at radius 3 is 2.24 bits per heavy atom. The van der Waals surface area contributed by atoms with Crippen LogP contribution in [0, 0.1) is 0 Å². The van der Waals surface area contributed by atoms with E-state index in [4.69, 9.17) is 14.2 Å². The lowest BCUT2D eigenvalue weighted by Crippen LogP contribution is -2.50. The summed E-state index contributed by atoms with van der Waals surface area (Å²) in [5.41, 5.74) is 3.32. The summed E-state index contributed by atoms with van der Waals surface area (Å²) in [4.78, 5) is 31.4. The first kappa shape index (κ1) is 26.9. The van der Waals surface area contributed by atoms with Crippen LogP contribution in [0.4, 0.5) is 5.69 Å². The molecule has 200 valence electrons. The Kier molecular flexibility index (Phi) is 9.41. The minimum absolute atomic E-state index is 0.121. The van der Waals surface area contributed by atoms with Crippen LogP contribution in [0.1, 0.15) is 43.2 Å². The molecule has 4 rings (SSSR count). The first-order valence-electron chi connectivity index (χ1n) is 13.2. The fourth-order valence-electron chi connectivity index (χ4n) is 5.19. The second-order valence-electron chi connectivity index (χ2n) is 9.63.